The zero-order valence-corrected chi connectivity index (χ0v) is 11.5. The molecule has 1 fully saturated rings. The van der Waals surface area contributed by atoms with Gasteiger partial charge in [0, 0.05) is 12.5 Å². The van der Waals surface area contributed by atoms with Crippen molar-refractivity contribution >= 4 is 17.4 Å². The van der Waals surface area contributed by atoms with Crippen LogP contribution in [-0.2, 0) is 4.79 Å². The van der Waals surface area contributed by atoms with Gasteiger partial charge in [-0.3, -0.25) is 19.7 Å². The van der Waals surface area contributed by atoms with Crippen molar-refractivity contribution in [2.75, 3.05) is 0 Å². The van der Waals surface area contributed by atoms with Crippen LogP contribution >= 0.6 is 0 Å². The number of Topliss-reactive ketones (excluding diaryl/α,β-unsaturated/α-hetero) is 1. The number of aliphatic carboxylic acids is 1. The minimum Gasteiger partial charge on any atom is -0.481 e. The standard InChI is InChI=1S/C15H17NO5/c17-14(12-7-3-4-8-13(12)16(20)21)9-10-5-1-2-6-11(10)15(18)19/h3-4,7-8,10-11H,1-2,5-6,9H2,(H,18,19). The highest BCUT2D eigenvalue weighted by Crippen LogP contribution is 2.34. The molecule has 0 spiro atoms. The number of para-hydroxylation sites is 1. The molecule has 2 atom stereocenters. The van der Waals surface area contributed by atoms with Gasteiger partial charge in [-0.1, -0.05) is 25.0 Å². The van der Waals surface area contributed by atoms with Gasteiger partial charge in [-0.25, -0.2) is 0 Å². The Morgan fingerprint density at radius 2 is 1.90 bits per heavy atom. The Hall–Kier alpha value is -2.24. The summed E-state index contributed by atoms with van der Waals surface area (Å²) in [6.07, 6.45) is 3.07. The topological polar surface area (TPSA) is 97.5 Å². The normalized spacial score (nSPS) is 21.7. The molecule has 0 radical (unpaired) electrons. The Morgan fingerprint density at radius 1 is 1.24 bits per heavy atom. The minimum atomic E-state index is -0.880. The molecule has 1 aliphatic carbocycles. The molecule has 21 heavy (non-hydrogen) atoms. The summed E-state index contributed by atoms with van der Waals surface area (Å²) < 4.78 is 0. The van der Waals surface area contributed by atoms with Gasteiger partial charge in [-0.2, -0.15) is 0 Å². The third-order valence-corrected chi connectivity index (χ3v) is 4.08. The van der Waals surface area contributed by atoms with Gasteiger partial charge in [0.2, 0.25) is 0 Å². The Morgan fingerprint density at radius 3 is 2.57 bits per heavy atom. The highest BCUT2D eigenvalue weighted by atomic mass is 16.6. The van der Waals surface area contributed by atoms with E-state index in [0.29, 0.717) is 12.8 Å². The second-order valence-corrected chi connectivity index (χ2v) is 5.39. The number of carbonyl (C=O) groups excluding carboxylic acids is 1. The predicted molar refractivity (Wildman–Crippen MR) is 75.1 cm³/mol. The first-order valence-corrected chi connectivity index (χ1v) is 7.00. The van der Waals surface area contributed by atoms with Crippen LogP contribution in [-0.4, -0.2) is 21.8 Å². The summed E-state index contributed by atoms with van der Waals surface area (Å²) in [6, 6.07) is 5.81. The molecule has 0 heterocycles. The molecule has 1 N–H and O–H groups in total. The quantitative estimate of drug-likeness (QED) is 0.510. The molecule has 0 aromatic heterocycles. The molecule has 2 rings (SSSR count). The Balaban J connectivity index is 2.17. The summed E-state index contributed by atoms with van der Waals surface area (Å²) in [6.45, 7) is 0. The summed E-state index contributed by atoms with van der Waals surface area (Å²) in [5.41, 5.74) is -0.151. The van der Waals surface area contributed by atoms with Crippen LogP contribution < -0.4 is 0 Å². The average Bonchev–Trinajstić information content (AvgIpc) is 2.47. The maximum atomic E-state index is 12.3. The SMILES string of the molecule is O=C(CC1CCCCC1C(=O)O)c1ccccc1[N+](=O)[O-]. The van der Waals surface area contributed by atoms with Gasteiger partial charge in [-0.15, -0.1) is 0 Å². The van der Waals surface area contributed by atoms with Crippen molar-refractivity contribution in [3.63, 3.8) is 0 Å². The maximum absolute atomic E-state index is 12.3. The third kappa shape index (κ3) is 3.45. The second kappa shape index (κ2) is 6.47. The van der Waals surface area contributed by atoms with Crippen LogP contribution in [0.5, 0.6) is 0 Å². The first-order valence-electron chi connectivity index (χ1n) is 7.00. The Bertz CT molecular complexity index is 569. The zero-order valence-electron chi connectivity index (χ0n) is 11.5. The molecule has 2 unspecified atom stereocenters. The number of hydrogen-bond donors (Lipinski definition) is 1. The fourth-order valence-corrected chi connectivity index (χ4v) is 2.99. The lowest BCUT2D eigenvalue weighted by molar-refractivity contribution is -0.385. The lowest BCUT2D eigenvalue weighted by atomic mass is 9.76. The van der Waals surface area contributed by atoms with Crippen molar-refractivity contribution in [3.05, 3.63) is 39.9 Å². The van der Waals surface area contributed by atoms with Crippen LogP contribution in [0.4, 0.5) is 5.69 Å². The third-order valence-electron chi connectivity index (χ3n) is 4.08. The van der Waals surface area contributed by atoms with E-state index in [0.717, 1.165) is 12.8 Å². The Kier molecular flexibility index (Phi) is 4.67. The van der Waals surface area contributed by atoms with E-state index in [4.69, 9.17) is 0 Å². The lowest BCUT2D eigenvalue weighted by Gasteiger charge is -2.27. The summed E-state index contributed by atoms with van der Waals surface area (Å²) in [5, 5.41) is 20.2. The number of carboxylic acids is 1. The zero-order chi connectivity index (χ0) is 15.4. The van der Waals surface area contributed by atoms with E-state index in [1.54, 1.807) is 6.07 Å². The van der Waals surface area contributed by atoms with Gasteiger partial charge < -0.3 is 5.11 Å². The number of nitro benzene ring substituents is 1. The molecule has 6 nitrogen and oxygen atoms in total. The largest absolute Gasteiger partial charge is 0.481 e. The predicted octanol–water partition coefficient (Wildman–Crippen LogP) is 3.06. The van der Waals surface area contributed by atoms with E-state index < -0.39 is 16.8 Å². The molecular formula is C15H17NO5. The number of ketones is 1. The number of rotatable bonds is 5. The van der Waals surface area contributed by atoms with Crippen molar-refractivity contribution in [2.24, 2.45) is 11.8 Å². The first-order chi connectivity index (χ1) is 10.0. The Labute approximate surface area is 121 Å². The van der Waals surface area contributed by atoms with Gasteiger partial charge in [0.05, 0.1) is 16.4 Å². The van der Waals surface area contributed by atoms with Gasteiger partial charge >= 0.3 is 5.97 Å². The number of benzene rings is 1. The minimum absolute atomic E-state index is 0.0574. The molecule has 0 aliphatic heterocycles. The second-order valence-electron chi connectivity index (χ2n) is 5.39. The van der Waals surface area contributed by atoms with Gasteiger partial charge in [0.1, 0.15) is 0 Å². The number of carboxylic acid groups (broad SMARTS) is 1. The van der Waals surface area contributed by atoms with Crippen LogP contribution in [0.1, 0.15) is 42.5 Å². The smallest absolute Gasteiger partial charge is 0.306 e. The number of carbonyl (C=O) groups is 2. The van der Waals surface area contributed by atoms with Crippen LogP contribution in [0.3, 0.4) is 0 Å². The lowest BCUT2D eigenvalue weighted by Crippen LogP contribution is -2.28. The molecule has 1 aliphatic rings. The molecule has 1 aromatic rings. The molecule has 0 saturated heterocycles. The maximum Gasteiger partial charge on any atom is 0.306 e. The molecule has 6 heteroatoms. The molecule has 1 aromatic carbocycles. The van der Waals surface area contributed by atoms with Crippen molar-refractivity contribution in [2.45, 2.75) is 32.1 Å². The van der Waals surface area contributed by atoms with Crippen LogP contribution in [0.15, 0.2) is 24.3 Å². The molecular weight excluding hydrogens is 274 g/mol. The molecule has 112 valence electrons. The van der Waals surface area contributed by atoms with Gasteiger partial charge in [-0.05, 0) is 24.8 Å². The number of nitro groups is 1. The molecule has 0 amide bonds. The van der Waals surface area contributed by atoms with Gasteiger partial charge in [0.15, 0.2) is 5.78 Å². The van der Waals surface area contributed by atoms with Crippen LogP contribution in [0.2, 0.25) is 0 Å². The summed E-state index contributed by atoms with van der Waals surface area (Å²) in [5.74, 6) is -1.98. The fourth-order valence-electron chi connectivity index (χ4n) is 2.99. The first kappa shape index (κ1) is 15.2. The molecule has 1 saturated carbocycles. The summed E-state index contributed by atoms with van der Waals surface area (Å²) >= 11 is 0. The summed E-state index contributed by atoms with van der Waals surface area (Å²) in [7, 11) is 0. The van der Waals surface area contributed by atoms with Gasteiger partial charge in [0.25, 0.3) is 5.69 Å². The van der Waals surface area contributed by atoms with Crippen molar-refractivity contribution in [3.8, 4) is 0 Å². The van der Waals surface area contributed by atoms with E-state index >= 15 is 0 Å². The highest BCUT2D eigenvalue weighted by Gasteiger charge is 2.33. The van der Waals surface area contributed by atoms with Crippen LogP contribution in [0.25, 0.3) is 0 Å². The van der Waals surface area contributed by atoms with Crippen molar-refractivity contribution in [1.82, 2.24) is 0 Å². The van der Waals surface area contributed by atoms with E-state index in [-0.39, 0.29) is 29.4 Å². The fraction of sp³-hybridized carbons (Fsp3) is 0.467. The van der Waals surface area contributed by atoms with E-state index in [9.17, 15) is 24.8 Å². The summed E-state index contributed by atoms with van der Waals surface area (Å²) in [4.78, 5) is 33.9. The average molecular weight is 291 g/mol. The van der Waals surface area contributed by atoms with Crippen molar-refractivity contribution < 1.29 is 19.6 Å². The van der Waals surface area contributed by atoms with E-state index in [1.807, 2.05) is 0 Å². The number of hydrogen-bond acceptors (Lipinski definition) is 4. The monoisotopic (exact) mass is 291 g/mol. The van der Waals surface area contributed by atoms with E-state index in [2.05, 4.69) is 0 Å². The van der Waals surface area contributed by atoms with E-state index in [1.165, 1.54) is 18.2 Å². The van der Waals surface area contributed by atoms with Crippen molar-refractivity contribution in [1.29, 1.82) is 0 Å². The number of nitrogens with zero attached hydrogens (tertiary/aromatic N) is 1. The highest BCUT2D eigenvalue weighted by molar-refractivity contribution is 6.00. The molecule has 0 bridgehead atoms. The van der Waals surface area contributed by atoms with Crippen LogP contribution in [0, 0.1) is 22.0 Å².